The maximum absolute atomic E-state index is 10.3. The van der Waals surface area contributed by atoms with Crippen LogP contribution in [-0.4, -0.2) is 54.3 Å². The van der Waals surface area contributed by atoms with E-state index in [9.17, 15) is 5.26 Å². The highest BCUT2D eigenvalue weighted by atomic mass is 16.5. The number of aryl methyl sites for hydroxylation is 1. The van der Waals surface area contributed by atoms with Crippen molar-refractivity contribution in [2.45, 2.75) is 45.6 Å². The van der Waals surface area contributed by atoms with Crippen LogP contribution in [0.3, 0.4) is 0 Å². The SMILES string of the molecule is CCn1c(N2CCN(CCCC(C#N)(c3ccccc3OC)C(C)C)CC2)nc2ccccc21. The Labute approximate surface area is 203 Å². The van der Waals surface area contributed by atoms with E-state index in [0.29, 0.717) is 0 Å². The van der Waals surface area contributed by atoms with Crippen molar-refractivity contribution in [1.82, 2.24) is 14.5 Å². The zero-order chi connectivity index (χ0) is 24.1. The van der Waals surface area contributed by atoms with Crippen LogP contribution >= 0.6 is 0 Å². The number of imidazole rings is 1. The number of piperazine rings is 1. The van der Waals surface area contributed by atoms with Crippen LogP contribution in [-0.2, 0) is 12.0 Å². The lowest BCUT2D eigenvalue weighted by atomic mass is 9.69. The van der Waals surface area contributed by atoms with Crippen LogP contribution in [0, 0.1) is 17.2 Å². The van der Waals surface area contributed by atoms with E-state index in [-0.39, 0.29) is 5.92 Å². The largest absolute Gasteiger partial charge is 0.496 e. The van der Waals surface area contributed by atoms with Crippen LogP contribution in [0.2, 0.25) is 0 Å². The molecule has 2 heterocycles. The van der Waals surface area contributed by atoms with E-state index in [0.717, 1.165) is 74.9 Å². The van der Waals surface area contributed by atoms with Gasteiger partial charge in [0.1, 0.15) is 5.75 Å². The minimum atomic E-state index is -0.541. The number of ether oxygens (including phenoxy) is 1. The molecule has 1 atom stereocenters. The fourth-order valence-electron chi connectivity index (χ4n) is 5.36. The Balaban J connectivity index is 1.39. The molecule has 0 spiro atoms. The van der Waals surface area contributed by atoms with Crippen LogP contribution in [0.4, 0.5) is 5.95 Å². The highest BCUT2D eigenvalue weighted by Crippen LogP contribution is 2.41. The topological polar surface area (TPSA) is 57.3 Å². The first kappa shape index (κ1) is 24.1. The number of aromatic nitrogens is 2. The second-order valence-corrected chi connectivity index (χ2v) is 9.52. The zero-order valence-corrected chi connectivity index (χ0v) is 21.0. The van der Waals surface area contributed by atoms with Gasteiger partial charge < -0.3 is 14.2 Å². The lowest BCUT2D eigenvalue weighted by Gasteiger charge is -2.37. The molecule has 0 N–H and O–H groups in total. The number of rotatable bonds is 9. The lowest BCUT2D eigenvalue weighted by Crippen LogP contribution is -2.47. The summed E-state index contributed by atoms with van der Waals surface area (Å²) in [4.78, 5) is 9.88. The summed E-state index contributed by atoms with van der Waals surface area (Å²) in [5.41, 5.74) is 2.75. The summed E-state index contributed by atoms with van der Waals surface area (Å²) in [5.74, 6) is 2.10. The van der Waals surface area contributed by atoms with Gasteiger partial charge in [0.2, 0.25) is 5.95 Å². The molecule has 0 amide bonds. The number of nitriles is 1. The van der Waals surface area contributed by atoms with Gasteiger partial charge in [-0.1, -0.05) is 44.2 Å². The molecule has 6 nitrogen and oxygen atoms in total. The summed E-state index contributed by atoms with van der Waals surface area (Å²) in [5, 5.41) is 10.3. The van der Waals surface area contributed by atoms with Crippen molar-refractivity contribution < 1.29 is 4.74 Å². The van der Waals surface area contributed by atoms with E-state index in [1.54, 1.807) is 7.11 Å². The Hall–Kier alpha value is -3.04. The van der Waals surface area contributed by atoms with Crippen molar-refractivity contribution >= 4 is 17.0 Å². The van der Waals surface area contributed by atoms with Crippen molar-refractivity contribution in [2.24, 2.45) is 5.92 Å². The highest BCUT2D eigenvalue weighted by molar-refractivity contribution is 5.78. The van der Waals surface area contributed by atoms with Gasteiger partial charge in [-0.25, -0.2) is 4.98 Å². The van der Waals surface area contributed by atoms with E-state index in [2.05, 4.69) is 71.5 Å². The summed E-state index contributed by atoms with van der Waals surface area (Å²) in [6.07, 6.45) is 1.81. The smallest absolute Gasteiger partial charge is 0.206 e. The van der Waals surface area contributed by atoms with E-state index in [1.165, 1.54) is 5.52 Å². The molecule has 180 valence electrons. The first-order valence-electron chi connectivity index (χ1n) is 12.5. The van der Waals surface area contributed by atoms with Gasteiger partial charge in [-0.2, -0.15) is 5.26 Å². The molecule has 34 heavy (non-hydrogen) atoms. The molecular weight excluding hydrogens is 422 g/mol. The molecule has 0 saturated carbocycles. The van der Waals surface area contributed by atoms with Crippen LogP contribution in [0.15, 0.2) is 48.5 Å². The Bertz CT molecular complexity index is 1140. The van der Waals surface area contributed by atoms with Gasteiger partial charge >= 0.3 is 0 Å². The van der Waals surface area contributed by atoms with E-state index >= 15 is 0 Å². The van der Waals surface area contributed by atoms with Gasteiger partial charge in [0, 0.05) is 38.3 Å². The first-order valence-corrected chi connectivity index (χ1v) is 12.5. The summed E-state index contributed by atoms with van der Waals surface area (Å²) < 4.78 is 7.94. The van der Waals surface area contributed by atoms with Crippen LogP contribution < -0.4 is 9.64 Å². The summed E-state index contributed by atoms with van der Waals surface area (Å²) in [7, 11) is 1.69. The minimum Gasteiger partial charge on any atom is -0.496 e. The number of benzene rings is 2. The van der Waals surface area contributed by atoms with Gasteiger partial charge in [0.25, 0.3) is 0 Å². The van der Waals surface area contributed by atoms with Gasteiger partial charge in [0.05, 0.1) is 29.6 Å². The molecule has 1 aromatic heterocycles. The predicted molar refractivity (Wildman–Crippen MR) is 138 cm³/mol. The number of fused-ring (bicyclic) bond motifs is 1. The highest BCUT2D eigenvalue weighted by Gasteiger charge is 2.38. The van der Waals surface area contributed by atoms with Crippen LogP contribution in [0.5, 0.6) is 5.75 Å². The standard InChI is InChI=1S/C28H37N5O/c1-5-33-25-13-8-7-12-24(25)30-27(33)32-19-17-31(18-20-32)16-10-15-28(21-29,22(2)3)23-11-6-9-14-26(23)34-4/h6-9,11-14,22H,5,10,15-20H2,1-4H3. The van der Waals surface area contributed by atoms with Gasteiger partial charge in [-0.15, -0.1) is 0 Å². The number of nitrogens with zero attached hydrogens (tertiary/aromatic N) is 5. The molecule has 6 heteroatoms. The van der Waals surface area contributed by atoms with E-state index < -0.39 is 5.41 Å². The van der Waals surface area contributed by atoms with Gasteiger partial charge in [-0.05, 0) is 50.4 Å². The summed E-state index contributed by atoms with van der Waals surface area (Å²) in [6.45, 7) is 12.4. The molecule has 3 aromatic rings. The van der Waals surface area contributed by atoms with Crippen molar-refractivity contribution in [3.63, 3.8) is 0 Å². The molecular formula is C28H37N5O. The maximum atomic E-state index is 10.3. The molecule has 0 bridgehead atoms. The molecule has 1 fully saturated rings. The van der Waals surface area contributed by atoms with Crippen molar-refractivity contribution in [3.8, 4) is 11.8 Å². The Morgan fingerprint density at radius 1 is 1.06 bits per heavy atom. The monoisotopic (exact) mass is 459 g/mol. The summed E-state index contributed by atoms with van der Waals surface area (Å²) >= 11 is 0. The quantitative estimate of drug-likeness (QED) is 0.446. The number of hydrogen-bond acceptors (Lipinski definition) is 5. The molecule has 1 aliphatic rings. The van der Waals surface area contributed by atoms with E-state index in [4.69, 9.17) is 9.72 Å². The van der Waals surface area contributed by atoms with Crippen molar-refractivity contribution in [3.05, 3.63) is 54.1 Å². The third kappa shape index (κ3) is 4.50. The zero-order valence-electron chi connectivity index (χ0n) is 21.0. The molecule has 1 unspecified atom stereocenters. The van der Waals surface area contributed by atoms with Gasteiger partial charge in [-0.3, -0.25) is 4.90 Å². The number of hydrogen-bond donors (Lipinski definition) is 0. The third-order valence-corrected chi connectivity index (χ3v) is 7.42. The molecule has 1 aliphatic heterocycles. The molecule has 0 aliphatic carbocycles. The molecule has 2 aromatic carbocycles. The second kappa shape index (κ2) is 10.5. The van der Waals surface area contributed by atoms with Crippen molar-refractivity contribution in [1.29, 1.82) is 5.26 Å². The lowest BCUT2D eigenvalue weighted by molar-refractivity contribution is 0.236. The average Bonchev–Trinajstić information content (AvgIpc) is 3.25. The Kier molecular flexibility index (Phi) is 7.43. The predicted octanol–water partition coefficient (Wildman–Crippen LogP) is 5.08. The fraction of sp³-hybridized carbons (Fsp3) is 0.500. The maximum Gasteiger partial charge on any atom is 0.206 e. The fourth-order valence-corrected chi connectivity index (χ4v) is 5.36. The molecule has 0 radical (unpaired) electrons. The Morgan fingerprint density at radius 2 is 1.76 bits per heavy atom. The summed E-state index contributed by atoms with van der Waals surface area (Å²) in [6, 6.07) is 19.1. The average molecular weight is 460 g/mol. The number of anilines is 1. The van der Waals surface area contributed by atoms with E-state index in [1.807, 2.05) is 18.2 Å². The van der Waals surface area contributed by atoms with Gasteiger partial charge in [0.15, 0.2) is 0 Å². The van der Waals surface area contributed by atoms with Crippen LogP contribution in [0.1, 0.15) is 39.2 Å². The first-order chi connectivity index (χ1) is 16.5. The number of para-hydroxylation sites is 3. The molecule has 4 rings (SSSR count). The Morgan fingerprint density at radius 3 is 2.44 bits per heavy atom. The normalized spacial score (nSPS) is 16.5. The second-order valence-electron chi connectivity index (χ2n) is 9.52. The van der Waals surface area contributed by atoms with Crippen LogP contribution in [0.25, 0.3) is 11.0 Å². The number of methoxy groups -OCH3 is 1. The third-order valence-electron chi connectivity index (χ3n) is 7.42. The van der Waals surface area contributed by atoms with Crippen molar-refractivity contribution in [2.75, 3.05) is 44.7 Å². The minimum absolute atomic E-state index is 0.202. The molecule has 1 saturated heterocycles.